The summed E-state index contributed by atoms with van der Waals surface area (Å²) in [6.45, 7) is 4.88. The molecule has 0 atom stereocenters. The minimum atomic E-state index is -0.369. The summed E-state index contributed by atoms with van der Waals surface area (Å²) in [6.07, 6.45) is 0. The van der Waals surface area contributed by atoms with Crippen LogP contribution in [-0.4, -0.2) is 28.4 Å². The van der Waals surface area contributed by atoms with Gasteiger partial charge in [-0.15, -0.1) is 0 Å². The molecule has 0 saturated carbocycles. The molecule has 4 aromatic rings. The van der Waals surface area contributed by atoms with Gasteiger partial charge in [0, 0.05) is 5.56 Å². The summed E-state index contributed by atoms with van der Waals surface area (Å²) in [6, 6.07) is 26.8. The first kappa shape index (κ1) is 22.8. The maximum Gasteiger partial charge on any atom is 0.289 e. The number of nitrogens with one attached hydrogen (secondary N) is 2. The number of hydrazone groups is 1. The normalized spacial score (nSPS) is 11.2. The summed E-state index contributed by atoms with van der Waals surface area (Å²) in [7, 11) is 0. The van der Waals surface area contributed by atoms with E-state index in [4.69, 9.17) is 9.47 Å². The zero-order chi connectivity index (χ0) is 23.8. The van der Waals surface area contributed by atoms with Crippen LogP contribution in [0.1, 0.15) is 35.5 Å². The maximum absolute atomic E-state index is 12.5. The minimum Gasteiger partial charge on any atom is -0.494 e. The van der Waals surface area contributed by atoms with Gasteiger partial charge < -0.3 is 9.47 Å². The Labute approximate surface area is 198 Å². The number of carbonyl (C=O) groups excluding carboxylic acids is 1. The third kappa shape index (κ3) is 5.89. The Morgan fingerprint density at radius 3 is 2.32 bits per heavy atom. The lowest BCUT2D eigenvalue weighted by Crippen LogP contribution is -2.19. The number of aromatic nitrogens is 2. The van der Waals surface area contributed by atoms with Crippen molar-refractivity contribution in [2.24, 2.45) is 5.10 Å². The molecule has 0 radical (unpaired) electrons. The molecule has 0 bridgehead atoms. The van der Waals surface area contributed by atoms with Gasteiger partial charge in [0.05, 0.1) is 18.0 Å². The van der Waals surface area contributed by atoms with Gasteiger partial charge in [-0.3, -0.25) is 9.89 Å². The number of H-pyrrole nitrogens is 1. The average molecular weight is 455 g/mol. The summed E-state index contributed by atoms with van der Waals surface area (Å²) in [5.74, 6) is 1.19. The van der Waals surface area contributed by atoms with Gasteiger partial charge in [0.25, 0.3) is 5.91 Å². The fourth-order valence-electron chi connectivity index (χ4n) is 3.27. The van der Waals surface area contributed by atoms with Gasteiger partial charge in [-0.25, -0.2) is 5.43 Å². The Morgan fingerprint density at radius 2 is 1.62 bits per heavy atom. The first-order chi connectivity index (χ1) is 16.6. The highest BCUT2D eigenvalue weighted by Gasteiger charge is 2.11. The Kier molecular flexibility index (Phi) is 7.35. The second-order valence-electron chi connectivity index (χ2n) is 7.56. The van der Waals surface area contributed by atoms with Gasteiger partial charge >= 0.3 is 0 Å². The molecule has 0 aliphatic rings. The number of aromatic amines is 1. The fourth-order valence-corrected chi connectivity index (χ4v) is 3.27. The largest absolute Gasteiger partial charge is 0.494 e. The van der Waals surface area contributed by atoms with E-state index in [1.165, 1.54) is 0 Å². The summed E-state index contributed by atoms with van der Waals surface area (Å²) >= 11 is 0. The molecule has 2 N–H and O–H groups in total. The third-order valence-corrected chi connectivity index (χ3v) is 5.13. The van der Waals surface area contributed by atoms with E-state index in [2.05, 4.69) is 20.7 Å². The van der Waals surface area contributed by atoms with Crippen LogP contribution < -0.4 is 14.9 Å². The van der Waals surface area contributed by atoms with Crippen LogP contribution in [0.2, 0.25) is 0 Å². The van der Waals surface area contributed by atoms with Gasteiger partial charge in [0.2, 0.25) is 0 Å². The van der Waals surface area contributed by atoms with Crippen molar-refractivity contribution in [3.8, 4) is 22.8 Å². The second kappa shape index (κ2) is 11.0. The number of ether oxygens (including phenoxy) is 2. The van der Waals surface area contributed by atoms with E-state index in [1.807, 2.05) is 92.7 Å². The van der Waals surface area contributed by atoms with Crippen molar-refractivity contribution in [1.82, 2.24) is 15.6 Å². The molecule has 4 rings (SSSR count). The highest BCUT2D eigenvalue weighted by molar-refractivity contribution is 6.00. The Hall–Kier alpha value is -4.39. The van der Waals surface area contributed by atoms with Crippen LogP contribution in [0.3, 0.4) is 0 Å². The summed E-state index contributed by atoms with van der Waals surface area (Å²) < 4.78 is 11.3. The van der Waals surface area contributed by atoms with Crippen LogP contribution in [0.25, 0.3) is 11.3 Å². The van der Waals surface area contributed by atoms with Gasteiger partial charge in [0.15, 0.2) is 0 Å². The SMILES string of the molecule is CCOc1ccc(/C(C)=N/NC(=O)c2cc(-c3ccc(OCc4ccccc4)cc3)n[nH]2)cc1. The Morgan fingerprint density at radius 1 is 0.941 bits per heavy atom. The number of amides is 1. The van der Waals surface area contributed by atoms with Crippen molar-refractivity contribution < 1.29 is 14.3 Å². The number of hydrogen-bond acceptors (Lipinski definition) is 5. The first-order valence-corrected chi connectivity index (χ1v) is 11.0. The molecule has 0 aliphatic carbocycles. The zero-order valence-electron chi connectivity index (χ0n) is 19.1. The lowest BCUT2D eigenvalue weighted by Gasteiger charge is -2.06. The molecule has 34 heavy (non-hydrogen) atoms. The van der Waals surface area contributed by atoms with E-state index < -0.39 is 0 Å². The lowest BCUT2D eigenvalue weighted by atomic mass is 10.1. The van der Waals surface area contributed by atoms with Crippen LogP contribution in [0.15, 0.2) is 90.0 Å². The van der Waals surface area contributed by atoms with E-state index in [0.717, 1.165) is 28.2 Å². The quantitative estimate of drug-likeness (QED) is 0.268. The molecule has 7 heteroatoms. The molecule has 7 nitrogen and oxygen atoms in total. The summed E-state index contributed by atoms with van der Waals surface area (Å²) in [5, 5.41) is 11.2. The highest BCUT2D eigenvalue weighted by atomic mass is 16.5. The number of rotatable bonds is 9. The molecular weight excluding hydrogens is 428 g/mol. The highest BCUT2D eigenvalue weighted by Crippen LogP contribution is 2.22. The molecule has 172 valence electrons. The van der Waals surface area contributed by atoms with Gasteiger partial charge in [-0.1, -0.05) is 30.3 Å². The molecule has 1 aromatic heterocycles. The van der Waals surface area contributed by atoms with E-state index >= 15 is 0 Å². The van der Waals surface area contributed by atoms with Crippen molar-refractivity contribution in [2.75, 3.05) is 6.61 Å². The van der Waals surface area contributed by atoms with E-state index in [0.29, 0.717) is 30.3 Å². The molecule has 0 unspecified atom stereocenters. The molecule has 0 saturated heterocycles. The lowest BCUT2D eigenvalue weighted by molar-refractivity contribution is 0.0950. The minimum absolute atomic E-state index is 0.322. The third-order valence-electron chi connectivity index (χ3n) is 5.13. The van der Waals surface area contributed by atoms with Crippen LogP contribution in [0, 0.1) is 0 Å². The molecular formula is C27H26N4O3. The fraction of sp³-hybridized carbons (Fsp3) is 0.148. The van der Waals surface area contributed by atoms with Crippen LogP contribution in [-0.2, 0) is 6.61 Å². The number of carbonyl (C=O) groups is 1. The predicted molar refractivity (Wildman–Crippen MR) is 132 cm³/mol. The molecule has 0 fully saturated rings. The number of nitrogens with zero attached hydrogens (tertiary/aromatic N) is 2. The molecule has 0 spiro atoms. The predicted octanol–water partition coefficient (Wildman–Crippen LogP) is 5.21. The van der Waals surface area contributed by atoms with E-state index in [1.54, 1.807) is 6.07 Å². The van der Waals surface area contributed by atoms with Crippen LogP contribution in [0.5, 0.6) is 11.5 Å². The van der Waals surface area contributed by atoms with Gasteiger partial charge in [-0.05, 0) is 79.6 Å². The maximum atomic E-state index is 12.5. The van der Waals surface area contributed by atoms with E-state index in [9.17, 15) is 4.79 Å². The molecule has 1 heterocycles. The second-order valence-corrected chi connectivity index (χ2v) is 7.56. The molecule has 1 amide bonds. The van der Waals surface area contributed by atoms with Crippen molar-refractivity contribution >= 4 is 11.6 Å². The van der Waals surface area contributed by atoms with Crippen molar-refractivity contribution in [2.45, 2.75) is 20.5 Å². The smallest absolute Gasteiger partial charge is 0.289 e. The number of hydrogen-bond donors (Lipinski definition) is 2. The topological polar surface area (TPSA) is 88.6 Å². The first-order valence-electron chi connectivity index (χ1n) is 11.0. The van der Waals surface area contributed by atoms with Crippen molar-refractivity contribution in [1.29, 1.82) is 0 Å². The van der Waals surface area contributed by atoms with Crippen LogP contribution >= 0.6 is 0 Å². The number of benzene rings is 3. The Balaban J connectivity index is 1.34. The van der Waals surface area contributed by atoms with Gasteiger partial charge in [0.1, 0.15) is 23.8 Å². The van der Waals surface area contributed by atoms with E-state index in [-0.39, 0.29) is 5.91 Å². The average Bonchev–Trinajstić information content (AvgIpc) is 3.38. The van der Waals surface area contributed by atoms with Crippen molar-refractivity contribution in [3.63, 3.8) is 0 Å². The van der Waals surface area contributed by atoms with Crippen molar-refractivity contribution in [3.05, 3.63) is 102 Å². The molecule has 0 aliphatic heterocycles. The summed E-state index contributed by atoms with van der Waals surface area (Å²) in [5.41, 5.74) is 7.10. The standard InChI is InChI=1S/C27H26N4O3/c1-3-33-23-13-9-21(10-14-23)19(2)28-31-27(32)26-17-25(29-30-26)22-11-15-24(16-12-22)34-18-20-7-5-4-6-8-20/h4-17H,3,18H2,1-2H3,(H,29,30)(H,31,32)/b28-19+. The zero-order valence-corrected chi connectivity index (χ0v) is 19.1. The van der Waals surface area contributed by atoms with Gasteiger partial charge in [-0.2, -0.15) is 10.2 Å². The van der Waals surface area contributed by atoms with Crippen LogP contribution in [0.4, 0.5) is 0 Å². The summed E-state index contributed by atoms with van der Waals surface area (Å²) in [4.78, 5) is 12.5. The molecule has 3 aromatic carbocycles. The monoisotopic (exact) mass is 454 g/mol. The Bertz CT molecular complexity index is 1250.